The van der Waals surface area contributed by atoms with Crippen LogP contribution >= 0.6 is 11.6 Å². The van der Waals surface area contributed by atoms with E-state index in [9.17, 15) is 0 Å². The Labute approximate surface area is 121 Å². The van der Waals surface area contributed by atoms with E-state index in [4.69, 9.17) is 16.3 Å². The second-order valence-electron chi connectivity index (χ2n) is 4.68. The van der Waals surface area contributed by atoms with E-state index in [0.29, 0.717) is 0 Å². The molecule has 0 saturated carbocycles. The molecule has 0 aliphatic rings. The summed E-state index contributed by atoms with van der Waals surface area (Å²) in [4.78, 5) is 0. The van der Waals surface area contributed by atoms with Crippen LogP contribution in [0.25, 0.3) is 0 Å². The molecule has 1 rings (SSSR count). The Morgan fingerprint density at radius 3 is 2.84 bits per heavy atom. The summed E-state index contributed by atoms with van der Waals surface area (Å²) in [5.41, 5.74) is 1.11. The van der Waals surface area contributed by atoms with Gasteiger partial charge in [0.1, 0.15) is 5.75 Å². The molecule has 0 bridgehead atoms. The number of nitrogens with one attached hydrogen (secondary N) is 1. The van der Waals surface area contributed by atoms with Gasteiger partial charge in [-0.25, -0.2) is 0 Å². The monoisotopic (exact) mass is 281 g/mol. The standard InChI is InChI=1S/C16H24ClNO/c1-4-5-6-7-8-11-19-16-10-9-14(17)12-15(16)13(2)18-3/h4,9-10,12-13,18H,1,5-8,11H2,2-3H3. The Balaban J connectivity index is 2.50. The molecule has 3 heteroatoms. The number of unbranched alkanes of at least 4 members (excludes halogenated alkanes) is 3. The Hall–Kier alpha value is -0.990. The van der Waals surface area contributed by atoms with Crippen LogP contribution < -0.4 is 10.1 Å². The zero-order chi connectivity index (χ0) is 14.1. The van der Waals surface area contributed by atoms with Crippen LogP contribution in [0.1, 0.15) is 44.2 Å². The summed E-state index contributed by atoms with van der Waals surface area (Å²) in [6.45, 7) is 6.58. The molecule has 0 fully saturated rings. The normalized spacial score (nSPS) is 12.2. The third-order valence-corrected chi connectivity index (χ3v) is 3.42. The fraction of sp³-hybridized carbons (Fsp3) is 0.500. The number of halogens is 1. The molecule has 1 N–H and O–H groups in total. The molecule has 1 aromatic rings. The molecule has 2 nitrogen and oxygen atoms in total. The van der Waals surface area contributed by atoms with Crippen molar-refractivity contribution in [3.8, 4) is 5.75 Å². The lowest BCUT2D eigenvalue weighted by atomic mass is 10.1. The topological polar surface area (TPSA) is 21.3 Å². The van der Waals surface area contributed by atoms with Crippen LogP contribution in [0.15, 0.2) is 30.9 Å². The zero-order valence-electron chi connectivity index (χ0n) is 11.9. The molecule has 1 aromatic carbocycles. The predicted molar refractivity (Wildman–Crippen MR) is 83.1 cm³/mol. The van der Waals surface area contributed by atoms with E-state index in [0.717, 1.165) is 35.8 Å². The highest BCUT2D eigenvalue weighted by Gasteiger charge is 2.10. The quantitative estimate of drug-likeness (QED) is 0.521. The van der Waals surface area contributed by atoms with Gasteiger partial charge in [0.2, 0.25) is 0 Å². The van der Waals surface area contributed by atoms with E-state index in [1.165, 1.54) is 12.8 Å². The molecule has 19 heavy (non-hydrogen) atoms. The van der Waals surface area contributed by atoms with Crippen LogP contribution in [0.3, 0.4) is 0 Å². The molecule has 0 heterocycles. The van der Waals surface area contributed by atoms with Gasteiger partial charge in [0.05, 0.1) is 6.61 Å². The number of allylic oxidation sites excluding steroid dienone is 1. The van der Waals surface area contributed by atoms with Crippen molar-refractivity contribution in [2.24, 2.45) is 0 Å². The molecular formula is C16H24ClNO. The second kappa shape index (κ2) is 9.00. The number of hydrogen-bond donors (Lipinski definition) is 1. The van der Waals surface area contributed by atoms with Crippen molar-refractivity contribution in [2.75, 3.05) is 13.7 Å². The summed E-state index contributed by atoms with van der Waals surface area (Å²) >= 11 is 6.04. The molecule has 106 valence electrons. The molecule has 0 saturated heterocycles. The predicted octanol–water partition coefficient (Wildman–Crippen LogP) is 4.75. The van der Waals surface area contributed by atoms with Crippen LogP contribution in [0.4, 0.5) is 0 Å². The summed E-state index contributed by atoms with van der Waals surface area (Å²) in [6, 6.07) is 6.03. The summed E-state index contributed by atoms with van der Waals surface area (Å²) < 4.78 is 5.87. The molecule has 0 amide bonds. The minimum atomic E-state index is 0.231. The smallest absolute Gasteiger partial charge is 0.124 e. The maximum Gasteiger partial charge on any atom is 0.124 e. The number of ether oxygens (including phenoxy) is 1. The van der Waals surface area contributed by atoms with Crippen LogP contribution in [-0.4, -0.2) is 13.7 Å². The summed E-state index contributed by atoms with van der Waals surface area (Å²) in [5.74, 6) is 0.926. The van der Waals surface area contributed by atoms with E-state index >= 15 is 0 Å². The summed E-state index contributed by atoms with van der Waals surface area (Å²) in [7, 11) is 1.94. The van der Waals surface area contributed by atoms with Crippen molar-refractivity contribution in [2.45, 2.75) is 38.6 Å². The third kappa shape index (κ3) is 5.66. The highest BCUT2D eigenvalue weighted by molar-refractivity contribution is 6.30. The van der Waals surface area contributed by atoms with Gasteiger partial charge in [-0.2, -0.15) is 0 Å². The average Bonchev–Trinajstić information content (AvgIpc) is 2.43. The van der Waals surface area contributed by atoms with Crippen molar-refractivity contribution < 1.29 is 4.74 Å². The Morgan fingerprint density at radius 2 is 2.16 bits per heavy atom. The Kier molecular flexibility index (Phi) is 7.61. The van der Waals surface area contributed by atoms with Crippen LogP contribution in [0.2, 0.25) is 5.02 Å². The number of rotatable bonds is 9. The maximum absolute atomic E-state index is 6.04. The Morgan fingerprint density at radius 1 is 1.37 bits per heavy atom. The average molecular weight is 282 g/mol. The molecule has 0 aliphatic carbocycles. The SMILES string of the molecule is C=CCCCCCOc1ccc(Cl)cc1C(C)NC. The van der Waals surface area contributed by atoms with E-state index in [1.54, 1.807) is 0 Å². The molecule has 0 spiro atoms. The van der Waals surface area contributed by atoms with Gasteiger partial charge < -0.3 is 10.1 Å². The van der Waals surface area contributed by atoms with Gasteiger partial charge in [-0.1, -0.05) is 17.7 Å². The van der Waals surface area contributed by atoms with Gasteiger partial charge in [-0.05, 0) is 57.9 Å². The molecular weight excluding hydrogens is 258 g/mol. The fourth-order valence-corrected chi connectivity index (χ4v) is 2.07. The molecule has 0 aliphatic heterocycles. The largest absolute Gasteiger partial charge is 0.493 e. The lowest BCUT2D eigenvalue weighted by molar-refractivity contribution is 0.300. The van der Waals surface area contributed by atoms with Gasteiger partial charge >= 0.3 is 0 Å². The van der Waals surface area contributed by atoms with Crippen LogP contribution in [-0.2, 0) is 0 Å². The van der Waals surface area contributed by atoms with Crippen LogP contribution in [0, 0.1) is 0 Å². The zero-order valence-corrected chi connectivity index (χ0v) is 12.7. The number of benzene rings is 1. The fourth-order valence-electron chi connectivity index (χ4n) is 1.89. The molecule has 1 atom stereocenters. The highest BCUT2D eigenvalue weighted by Crippen LogP contribution is 2.28. The summed E-state index contributed by atoms with van der Waals surface area (Å²) in [6.07, 6.45) is 6.49. The first kappa shape index (κ1) is 16.1. The Bertz CT molecular complexity index is 392. The first-order valence-corrected chi connectivity index (χ1v) is 7.27. The van der Waals surface area contributed by atoms with Crippen molar-refractivity contribution in [1.29, 1.82) is 0 Å². The van der Waals surface area contributed by atoms with E-state index in [1.807, 2.05) is 31.3 Å². The van der Waals surface area contributed by atoms with E-state index in [-0.39, 0.29) is 6.04 Å². The summed E-state index contributed by atoms with van der Waals surface area (Å²) in [5, 5.41) is 3.96. The first-order chi connectivity index (χ1) is 9.19. The molecule has 1 unspecified atom stereocenters. The molecule has 0 radical (unpaired) electrons. The maximum atomic E-state index is 6.04. The minimum Gasteiger partial charge on any atom is -0.493 e. The first-order valence-electron chi connectivity index (χ1n) is 6.89. The van der Waals surface area contributed by atoms with Crippen molar-refractivity contribution in [1.82, 2.24) is 5.32 Å². The van der Waals surface area contributed by atoms with Gasteiger partial charge in [0.15, 0.2) is 0 Å². The van der Waals surface area contributed by atoms with Gasteiger partial charge in [0, 0.05) is 16.6 Å². The van der Waals surface area contributed by atoms with E-state index < -0.39 is 0 Å². The van der Waals surface area contributed by atoms with Crippen molar-refractivity contribution in [3.05, 3.63) is 41.4 Å². The molecule has 0 aromatic heterocycles. The van der Waals surface area contributed by atoms with Crippen molar-refractivity contribution >= 4 is 11.6 Å². The number of hydrogen-bond acceptors (Lipinski definition) is 2. The van der Waals surface area contributed by atoms with Gasteiger partial charge in [-0.3, -0.25) is 0 Å². The third-order valence-electron chi connectivity index (χ3n) is 3.18. The lowest BCUT2D eigenvalue weighted by Crippen LogP contribution is -2.14. The van der Waals surface area contributed by atoms with Crippen LogP contribution in [0.5, 0.6) is 5.75 Å². The lowest BCUT2D eigenvalue weighted by Gasteiger charge is -2.17. The van der Waals surface area contributed by atoms with E-state index in [2.05, 4.69) is 18.8 Å². The minimum absolute atomic E-state index is 0.231. The highest BCUT2D eigenvalue weighted by atomic mass is 35.5. The van der Waals surface area contributed by atoms with Gasteiger partial charge in [-0.15, -0.1) is 6.58 Å². The van der Waals surface area contributed by atoms with Gasteiger partial charge in [0.25, 0.3) is 0 Å². The second-order valence-corrected chi connectivity index (χ2v) is 5.12. The van der Waals surface area contributed by atoms with Crippen molar-refractivity contribution in [3.63, 3.8) is 0 Å².